The number of nitrogens with one attached hydrogen (secondary N) is 2. The van der Waals surface area contributed by atoms with Gasteiger partial charge in [0, 0.05) is 16.1 Å². The van der Waals surface area contributed by atoms with Crippen LogP contribution in [0.1, 0.15) is 5.56 Å². The van der Waals surface area contributed by atoms with Crippen molar-refractivity contribution in [3.63, 3.8) is 0 Å². The molecule has 0 radical (unpaired) electrons. The molecule has 0 saturated heterocycles. The third kappa shape index (κ3) is 4.57. The van der Waals surface area contributed by atoms with Gasteiger partial charge in [-0.3, -0.25) is 9.89 Å². The van der Waals surface area contributed by atoms with Crippen molar-refractivity contribution in [3.05, 3.63) is 64.8 Å². The molecule has 0 aliphatic carbocycles. The lowest BCUT2D eigenvalue weighted by Gasteiger charge is -2.10. The molecule has 2 aromatic carbocycles. The van der Waals surface area contributed by atoms with Crippen LogP contribution >= 0.6 is 11.6 Å². The molecule has 0 bridgehead atoms. The van der Waals surface area contributed by atoms with E-state index in [4.69, 9.17) is 21.1 Å². The highest BCUT2D eigenvalue weighted by molar-refractivity contribution is 6.31. The van der Waals surface area contributed by atoms with Crippen molar-refractivity contribution in [1.29, 1.82) is 5.26 Å². The van der Waals surface area contributed by atoms with Crippen LogP contribution in [0.5, 0.6) is 11.5 Å². The van der Waals surface area contributed by atoms with Crippen molar-refractivity contribution in [2.24, 2.45) is 0 Å². The fraction of sp³-hybridized carbons (Fsp3) is 0.0952. The normalized spacial score (nSPS) is 10.9. The van der Waals surface area contributed by atoms with Crippen LogP contribution in [0.15, 0.2) is 54.2 Å². The van der Waals surface area contributed by atoms with E-state index in [1.54, 1.807) is 31.5 Å². The molecule has 3 aromatic rings. The molecule has 1 aromatic heterocycles. The fourth-order valence-corrected chi connectivity index (χ4v) is 2.84. The zero-order valence-corrected chi connectivity index (χ0v) is 16.4. The number of benzene rings is 2. The third-order valence-electron chi connectivity index (χ3n) is 4.12. The Balaban J connectivity index is 1.89. The lowest BCUT2D eigenvalue weighted by molar-refractivity contribution is -0.112. The second kappa shape index (κ2) is 8.95. The number of carbonyl (C=O) groups excluding carboxylic acids is 1. The number of carbonyl (C=O) groups is 1. The highest BCUT2D eigenvalue weighted by Gasteiger charge is 2.15. The highest BCUT2D eigenvalue weighted by atomic mass is 35.5. The summed E-state index contributed by atoms with van der Waals surface area (Å²) in [6, 6.07) is 14.1. The maximum Gasteiger partial charge on any atom is 0.266 e. The number of anilines is 1. The molecule has 1 amide bonds. The molecule has 2 N–H and O–H groups in total. The van der Waals surface area contributed by atoms with Gasteiger partial charge >= 0.3 is 0 Å². The fourth-order valence-electron chi connectivity index (χ4n) is 2.67. The van der Waals surface area contributed by atoms with Crippen molar-refractivity contribution in [1.82, 2.24) is 10.2 Å². The van der Waals surface area contributed by atoms with E-state index in [0.717, 1.165) is 11.3 Å². The Morgan fingerprint density at radius 2 is 1.97 bits per heavy atom. The lowest BCUT2D eigenvalue weighted by atomic mass is 10.1. The maximum absolute atomic E-state index is 12.6. The van der Waals surface area contributed by atoms with E-state index in [1.165, 1.54) is 13.2 Å². The molecule has 1 heterocycles. The predicted octanol–water partition coefficient (Wildman–Crippen LogP) is 4.29. The molecule has 0 aliphatic heterocycles. The number of hydrogen-bond acceptors (Lipinski definition) is 5. The summed E-state index contributed by atoms with van der Waals surface area (Å²) in [5.74, 6) is 0.565. The first-order valence-electron chi connectivity index (χ1n) is 8.50. The predicted molar refractivity (Wildman–Crippen MR) is 111 cm³/mol. The molecular formula is C21H17ClN4O3. The molecule has 0 fully saturated rings. The number of aromatic nitrogens is 2. The summed E-state index contributed by atoms with van der Waals surface area (Å²) in [5.41, 5.74) is 2.38. The van der Waals surface area contributed by atoms with Crippen LogP contribution in [0.4, 0.5) is 5.69 Å². The van der Waals surface area contributed by atoms with Crippen molar-refractivity contribution >= 4 is 29.3 Å². The van der Waals surface area contributed by atoms with Crippen LogP contribution in [-0.4, -0.2) is 30.3 Å². The minimum atomic E-state index is -0.588. The number of aromatic amines is 1. The SMILES string of the molecule is COc1ccc(-c2[nH]ncc2C=C(C#N)C(=O)Nc2cc(Cl)ccc2OC)cc1. The Morgan fingerprint density at radius 1 is 1.21 bits per heavy atom. The van der Waals surface area contributed by atoms with Crippen molar-refractivity contribution in [3.8, 4) is 28.8 Å². The standard InChI is InChI=1S/C21H17ClN4O3/c1-28-17-6-3-13(4-7-17)20-15(12-24-26-20)9-14(11-23)21(27)25-18-10-16(22)5-8-19(18)29-2/h3-10,12H,1-2H3,(H,24,26)(H,25,27). The first-order valence-corrected chi connectivity index (χ1v) is 8.88. The zero-order valence-electron chi connectivity index (χ0n) is 15.7. The molecule has 7 nitrogen and oxygen atoms in total. The summed E-state index contributed by atoms with van der Waals surface area (Å²) in [6.07, 6.45) is 3.01. The minimum Gasteiger partial charge on any atom is -0.497 e. The van der Waals surface area contributed by atoms with Gasteiger partial charge in [-0.2, -0.15) is 10.4 Å². The quantitative estimate of drug-likeness (QED) is 0.468. The first kappa shape index (κ1) is 20.0. The van der Waals surface area contributed by atoms with E-state index >= 15 is 0 Å². The van der Waals surface area contributed by atoms with Gasteiger partial charge in [0.2, 0.25) is 0 Å². The monoisotopic (exact) mass is 408 g/mol. The molecule has 3 rings (SSSR count). The van der Waals surface area contributed by atoms with Gasteiger partial charge in [0.1, 0.15) is 23.1 Å². The summed E-state index contributed by atoms with van der Waals surface area (Å²) < 4.78 is 10.4. The Kier molecular flexibility index (Phi) is 6.17. The van der Waals surface area contributed by atoms with Gasteiger partial charge in [-0.25, -0.2) is 0 Å². The number of H-pyrrole nitrogens is 1. The van der Waals surface area contributed by atoms with E-state index in [1.807, 2.05) is 30.3 Å². The average molecular weight is 409 g/mol. The molecule has 0 spiro atoms. The van der Waals surface area contributed by atoms with Crippen molar-refractivity contribution in [2.45, 2.75) is 0 Å². The summed E-state index contributed by atoms with van der Waals surface area (Å²) >= 11 is 5.99. The summed E-state index contributed by atoms with van der Waals surface area (Å²) in [6.45, 7) is 0. The molecule has 0 unspecified atom stereocenters. The molecule has 0 aliphatic rings. The molecule has 29 heavy (non-hydrogen) atoms. The van der Waals surface area contributed by atoms with E-state index in [9.17, 15) is 10.1 Å². The summed E-state index contributed by atoms with van der Waals surface area (Å²) in [7, 11) is 3.07. The second-order valence-electron chi connectivity index (χ2n) is 5.90. The van der Waals surface area contributed by atoms with Gasteiger partial charge < -0.3 is 14.8 Å². The zero-order chi connectivity index (χ0) is 20.8. The van der Waals surface area contributed by atoms with Crippen LogP contribution in [-0.2, 0) is 4.79 Å². The minimum absolute atomic E-state index is 0.0943. The number of rotatable bonds is 6. The van der Waals surface area contributed by atoms with Crippen LogP contribution in [0, 0.1) is 11.3 Å². The Labute approximate surface area is 172 Å². The smallest absolute Gasteiger partial charge is 0.266 e. The van der Waals surface area contributed by atoms with Gasteiger partial charge in [-0.1, -0.05) is 11.6 Å². The average Bonchev–Trinajstić information content (AvgIpc) is 3.20. The van der Waals surface area contributed by atoms with Crippen LogP contribution in [0.2, 0.25) is 5.02 Å². The Bertz CT molecular complexity index is 1100. The molecule has 0 atom stereocenters. The van der Waals surface area contributed by atoms with E-state index < -0.39 is 5.91 Å². The Hall–Kier alpha value is -3.76. The van der Waals surface area contributed by atoms with Gasteiger partial charge in [0.05, 0.1) is 31.8 Å². The molecule has 8 heteroatoms. The van der Waals surface area contributed by atoms with Gasteiger partial charge in [-0.05, 0) is 48.5 Å². The first-order chi connectivity index (χ1) is 14.0. The number of hydrogen-bond donors (Lipinski definition) is 2. The topological polar surface area (TPSA) is 100 Å². The summed E-state index contributed by atoms with van der Waals surface area (Å²) in [5, 5.41) is 19.5. The van der Waals surface area contributed by atoms with Crippen molar-refractivity contribution in [2.75, 3.05) is 19.5 Å². The van der Waals surface area contributed by atoms with E-state index in [-0.39, 0.29) is 5.57 Å². The number of methoxy groups -OCH3 is 2. The van der Waals surface area contributed by atoms with Crippen LogP contribution in [0.3, 0.4) is 0 Å². The second-order valence-corrected chi connectivity index (χ2v) is 6.33. The van der Waals surface area contributed by atoms with Crippen LogP contribution < -0.4 is 14.8 Å². The van der Waals surface area contributed by atoms with Crippen LogP contribution in [0.25, 0.3) is 17.3 Å². The van der Waals surface area contributed by atoms with Gasteiger partial charge in [0.15, 0.2) is 0 Å². The maximum atomic E-state index is 12.6. The number of amides is 1. The number of halogens is 1. The Morgan fingerprint density at radius 3 is 2.62 bits per heavy atom. The number of nitrogens with zero attached hydrogens (tertiary/aromatic N) is 2. The summed E-state index contributed by atoms with van der Waals surface area (Å²) in [4.78, 5) is 12.6. The lowest BCUT2D eigenvalue weighted by Crippen LogP contribution is -2.14. The molecule has 0 saturated carbocycles. The van der Waals surface area contributed by atoms with Gasteiger partial charge in [0.25, 0.3) is 5.91 Å². The van der Waals surface area contributed by atoms with E-state index in [2.05, 4.69) is 15.5 Å². The van der Waals surface area contributed by atoms with Crippen molar-refractivity contribution < 1.29 is 14.3 Å². The molecule has 146 valence electrons. The van der Waals surface area contributed by atoms with E-state index in [0.29, 0.717) is 27.7 Å². The largest absolute Gasteiger partial charge is 0.497 e. The number of ether oxygens (including phenoxy) is 2. The van der Waals surface area contributed by atoms with Gasteiger partial charge in [-0.15, -0.1) is 0 Å². The number of nitriles is 1. The molecular weight excluding hydrogens is 392 g/mol. The third-order valence-corrected chi connectivity index (χ3v) is 4.36. The highest BCUT2D eigenvalue weighted by Crippen LogP contribution is 2.29.